The average Bonchev–Trinajstić information content (AvgIpc) is 2.55. The van der Waals surface area contributed by atoms with Gasteiger partial charge in [0, 0.05) is 7.05 Å². The highest BCUT2D eigenvalue weighted by Gasteiger charge is 2.17. The summed E-state index contributed by atoms with van der Waals surface area (Å²) < 4.78 is 26.7. The van der Waals surface area contributed by atoms with Crippen molar-refractivity contribution in [3.05, 3.63) is 22.7 Å². The third-order valence-electron chi connectivity index (χ3n) is 2.68. The first-order chi connectivity index (χ1) is 8.33. The number of rotatable bonds is 3. The Hall–Kier alpha value is -1.27. The van der Waals surface area contributed by atoms with Gasteiger partial charge in [-0.05, 0) is 18.1 Å². The Bertz CT molecular complexity index is 707. The summed E-state index contributed by atoms with van der Waals surface area (Å²) >= 11 is 6.15. The molecule has 18 heavy (non-hydrogen) atoms. The first-order valence-corrected chi connectivity index (χ1v) is 7.72. The SMILES string of the molecule is CCc1ccc(Cl)c2c(NS(C)(=O)=O)nn(C)c12. The zero-order chi connectivity index (χ0) is 13.5. The zero-order valence-corrected chi connectivity index (χ0v) is 11.9. The van der Waals surface area contributed by atoms with Gasteiger partial charge in [-0.15, -0.1) is 0 Å². The van der Waals surface area contributed by atoms with E-state index in [4.69, 9.17) is 11.6 Å². The van der Waals surface area contributed by atoms with E-state index < -0.39 is 10.0 Å². The number of anilines is 1. The summed E-state index contributed by atoms with van der Waals surface area (Å²) in [5.41, 5.74) is 1.93. The van der Waals surface area contributed by atoms with Crippen LogP contribution in [0, 0.1) is 0 Å². The zero-order valence-electron chi connectivity index (χ0n) is 10.4. The molecule has 0 amide bonds. The van der Waals surface area contributed by atoms with E-state index in [-0.39, 0.29) is 5.82 Å². The van der Waals surface area contributed by atoms with Crippen LogP contribution in [-0.4, -0.2) is 24.5 Å². The number of aromatic nitrogens is 2. The molecule has 0 radical (unpaired) electrons. The van der Waals surface area contributed by atoms with Crippen molar-refractivity contribution in [3.8, 4) is 0 Å². The van der Waals surface area contributed by atoms with Gasteiger partial charge in [0.15, 0.2) is 5.82 Å². The Morgan fingerprint density at radius 1 is 1.44 bits per heavy atom. The smallest absolute Gasteiger partial charge is 0.231 e. The second-order valence-corrected chi connectivity index (χ2v) is 6.29. The highest BCUT2D eigenvalue weighted by atomic mass is 35.5. The number of sulfonamides is 1. The van der Waals surface area contributed by atoms with Gasteiger partial charge in [0.2, 0.25) is 10.0 Å². The molecule has 1 aromatic heterocycles. The Balaban J connectivity index is 2.78. The summed E-state index contributed by atoms with van der Waals surface area (Å²) in [5.74, 6) is 0.273. The van der Waals surface area contributed by atoms with Gasteiger partial charge in [0.25, 0.3) is 0 Å². The molecule has 2 aromatic rings. The van der Waals surface area contributed by atoms with E-state index in [1.165, 1.54) is 0 Å². The standard InChI is InChI=1S/C11H14ClN3O2S/c1-4-7-5-6-8(12)9-10(7)15(2)13-11(9)14-18(3,16)17/h5-6H,4H2,1-3H3,(H,13,14). The van der Waals surface area contributed by atoms with Gasteiger partial charge < -0.3 is 0 Å². The van der Waals surface area contributed by atoms with E-state index in [1.807, 2.05) is 13.0 Å². The van der Waals surface area contributed by atoms with Crippen LogP contribution in [-0.2, 0) is 23.5 Å². The van der Waals surface area contributed by atoms with Crippen LogP contribution in [0.2, 0.25) is 5.02 Å². The molecule has 0 aliphatic carbocycles. The third kappa shape index (κ3) is 2.30. The number of fused-ring (bicyclic) bond motifs is 1. The maximum absolute atomic E-state index is 11.3. The average molecular weight is 288 g/mol. The molecule has 1 N–H and O–H groups in total. The minimum absolute atomic E-state index is 0.273. The molecule has 0 aliphatic heterocycles. The minimum atomic E-state index is -3.38. The quantitative estimate of drug-likeness (QED) is 0.941. The van der Waals surface area contributed by atoms with Crippen molar-refractivity contribution in [2.24, 2.45) is 7.05 Å². The highest BCUT2D eigenvalue weighted by molar-refractivity contribution is 7.92. The summed E-state index contributed by atoms with van der Waals surface area (Å²) in [6.07, 6.45) is 1.91. The van der Waals surface area contributed by atoms with Gasteiger partial charge in [-0.1, -0.05) is 24.6 Å². The predicted octanol–water partition coefficient (Wildman–Crippen LogP) is 2.16. The fourth-order valence-electron chi connectivity index (χ4n) is 1.99. The fourth-order valence-corrected chi connectivity index (χ4v) is 2.72. The number of halogens is 1. The summed E-state index contributed by atoms with van der Waals surface area (Å²) in [7, 11) is -1.61. The van der Waals surface area contributed by atoms with Gasteiger partial charge in [-0.2, -0.15) is 5.10 Å². The summed E-state index contributed by atoms with van der Waals surface area (Å²) in [4.78, 5) is 0. The van der Waals surface area contributed by atoms with E-state index in [1.54, 1.807) is 17.8 Å². The van der Waals surface area contributed by atoms with Gasteiger partial charge in [-0.25, -0.2) is 8.42 Å². The number of nitrogens with one attached hydrogen (secondary N) is 1. The molecule has 2 rings (SSSR count). The maximum atomic E-state index is 11.3. The summed E-state index contributed by atoms with van der Waals surface area (Å²) in [5, 5.41) is 5.32. The molecule has 5 nitrogen and oxygen atoms in total. The Morgan fingerprint density at radius 2 is 2.11 bits per heavy atom. The third-order valence-corrected chi connectivity index (χ3v) is 3.56. The molecule has 0 unspecified atom stereocenters. The van der Waals surface area contributed by atoms with Crippen molar-refractivity contribution >= 4 is 38.3 Å². The van der Waals surface area contributed by atoms with Crippen molar-refractivity contribution in [1.29, 1.82) is 0 Å². The number of nitrogens with zero attached hydrogens (tertiary/aromatic N) is 2. The first-order valence-electron chi connectivity index (χ1n) is 5.45. The number of hydrogen-bond acceptors (Lipinski definition) is 3. The van der Waals surface area contributed by atoms with Crippen molar-refractivity contribution in [2.45, 2.75) is 13.3 Å². The molecular weight excluding hydrogens is 274 g/mol. The van der Waals surface area contributed by atoms with Crippen LogP contribution >= 0.6 is 11.6 Å². The van der Waals surface area contributed by atoms with Gasteiger partial charge in [-0.3, -0.25) is 9.40 Å². The molecule has 0 atom stereocenters. The number of hydrogen-bond donors (Lipinski definition) is 1. The van der Waals surface area contributed by atoms with Gasteiger partial charge >= 0.3 is 0 Å². The van der Waals surface area contributed by atoms with Crippen LogP contribution in [0.25, 0.3) is 10.9 Å². The molecule has 98 valence electrons. The van der Waals surface area contributed by atoms with Gasteiger partial charge in [0.1, 0.15) is 0 Å². The molecule has 0 saturated carbocycles. The van der Waals surface area contributed by atoms with Crippen LogP contribution in [0.15, 0.2) is 12.1 Å². The van der Waals surface area contributed by atoms with E-state index in [2.05, 4.69) is 9.82 Å². The maximum Gasteiger partial charge on any atom is 0.231 e. The van der Waals surface area contributed by atoms with Crippen LogP contribution in [0.3, 0.4) is 0 Å². The summed E-state index contributed by atoms with van der Waals surface area (Å²) in [6, 6.07) is 3.69. The normalized spacial score (nSPS) is 12.0. The monoisotopic (exact) mass is 287 g/mol. The summed E-state index contributed by atoms with van der Waals surface area (Å²) in [6.45, 7) is 2.03. The van der Waals surface area contributed by atoms with E-state index in [9.17, 15) is 8.42 Å². The lowest BCUT2D eigenvalue weighted by Crippen LogP contribution is -2.10. The Kier molecular flexibility index (Phi) is 3.25. The van der Waals surface area contributed by atoms with Crippen LogP contribution in [0.1, 0.15) is 12.5 Å². The molecule has 0 aliphatic rings. The Labute approximate surface area is 111 Å². The lowest BCUT2D eigenvalue weighted by molar-refractivity contribution is 0.606. The highest BCUT2D eigenvalue weighted by Crippen LogP contribution is 2.32. The lowest BCUT2D eigenvalue weighted by Gasteiger charge is -2.04. The molecular formula is C11H14ClN3O2S. The van der Waals surface area contributed by atoms with Gasteiger partial charge in [0.05, 0.1) is 22.2 Å². The van der Waals surface area contributed by atoms with Crippen LogP contribution < -0.4 is 4.72 Å². The lowest BCUT2D eigenvalue weighted by atomic mass is 10.1. The minimum Gasteiger partial charge on any atom is -0.266 e. The van der Waals surface area contributed by atoms with E-state index in [0.717, 1.165) is 23.8 Å². The van der Waals surface area contributed by atoms with E-state index >= 15 is 0 Å². The fraction of sp³-hybridized carbons (Fsp3) is 0.364. The molecule has 0 saturated heterocycles. The number of benzene rings is 1. The molecule has 0 spiro atoms. The van der Waals surface area contributed by atoms with Crippen LogP contribution in [0.5, 0.6) is 0 Å². The first kappa shape index (κ1) is 13.2. The molecule has 0 fully saturated rings. The number of aryl methyl sites for hydroxylation is 2. The van der Waals surface area contributed by atoms with Crippen molar-refractivity contribution in [2.75, 3.05) is 11.0 Å². The molecule has 1 aromatic carbocycles. The van der Waals surface area contributed by atoms with Crippen molar-refractivity contribution in [1.82, 2.24) is 9.78 Å². The molecule has 1 heterocycles. The second-order valence-electron chi connectivity index (χ2n) is 4.13. The molecule has 0 bridgehead atoms. The van der Waals surface area contributed by atoms with Crippen LogP contribution in [0.4, 0.5) is 5.82 Å². The topological polar surface area (TPSA) is 64.0 Å². The second kappa shape index (κ2) is 4.44. The van der Waals surface area contributed by atoms with E-state index in [0.29, 0.717) is 10.4 Å². The Morgan fingerprint density at radius 3 is 2.67 bits per heavy atom. The van der Waals surface area contributed by atoms with Crippen molar-refractivity contribution < 1.29 is 8.42 Å². The predicted molar refractivity (Wildman–Crippen MR) is 73.6 cm³/mol. The largest absolute Gasteiger partial charge is 0.266 e. The van der Waals surface area contributed by atoms with Crippen molar-refractivity contribution in [3.63, 3.8) is 0 Å². The molecule has 7 heteroatoms.